The van der Waals surface area contributed by atoms with Gasteiger partial charge in [0.15, 0.2) is 11.8 Å². The van der Waals surface area contributed by atoms with E-state index in [4.69, 9.17) is 23.2 Å². The van der Waals surface area contributed by atoms with E-state index in [2.05, 4.69) is 25.7 Å². The number of hydrogen-bond acceptors (Lipinski definition) is 3. The van der Waals surface area contributed by atoms with Gasteiger partial charge in [-0.05, 0) is 41.5 Å². The molecule has 0 saturated carbocycles. The van der Waals surface area contributed by atoms with Crippen LogP contribution in [0.4, 0.5) is 0 Å². The van der Waals surface area contributed by atoms with Crippen LogP contribution in [-0.4, -0.2) is 27.8 Å². The molecule has 3 rings (SSSR count). The van der Waals surface area contributed by atoms with Crippen molar-refractivity contribution < 1.29 is 0 Å². The maximum atomic E-state index is 6.20. The minimum absolute atomic E-state index is 0. The molecule has 3 aromatic rings. The van der Waals surface area contributed by atoms with E-state index in [-0.39, 0.29) is 24.0 Å². The van der Waals surface area contributed by atoms with Gasteiger partial charge in [0.25, 0.3) is 0 Å². The molecular formula is C18H19Cl2IN6. The van der Waals surface area contributed by atoms with E-state index in [1.807, 2.05) is 36.5 Å². The van der Waals surface area contributed by atoms with Crippen molar-refractivity contribution in [1.29, 1.82) is 0 Å². The standard InChI is InChI=1S/C18H18Cl2N6.HI/c1-21-18(24-12-14-3-4-15(19)10-16(14)20)23-11-13-5-7-22-17(9-13)26-8-2-6-25-26;/h2-10H,11-12H2,1H3,(H2,21,23,24);1H. The summed E-state index contributed by atoms with van der Waals surface area (Å²) in [6.45, 7) is 1.15. The quantitative estimate of drug-likeness (QED) is 0.305. The van der Waals surface area contributed by atoms with Crippen molar-refractivity contribution in [3.05, 3.63) is 76.2 Å². The molecule has 0 aliphatic heterocycles. The number of pyridine rings is 1. The lowest BCUT2D eigenvalue weighted by molar-refractivity contribution is 0.800. The molecule has 0 unspecified atom stereocenters. The average Bonchev–Trinajstić information content (AvgIpc) is 3.18. The van der Waals surface area contributed by atoms with Gasteiger partial charge >= 0.3 is 0 Å². The second kappa shape index (κ2) is 10.5. The molecule has 2 aromatic heterocycles. The predicted molar refractivity (Wildman–Crippen MR) is 120 cm³/mol. The topological polar surface area (TPSA) is 67.1 Å². The van der Waals surface area contributed by atoms with E-state index in [1.54, 1.807) is 30.2 Å². The largest absolute Gasteiger partial charge is 0.352 e. The zero-order chi connectivity index (χ0) is 18.4. The van der Waals surface area contributed by atoms with Crippen LogP contribution in [0.5, 0.6) is 0 Å². The molecule has 0 atom stereocenters. The van der Waals surface area contributed by atoms with E-state index in [1.165, 1.54) is 0 Å². The Morgan fingerprint density at radius 2 is 1.93 bits per heavy atom. The molecule has 0 saturated heterocycles. The van der Waals surface area contributed by atoms with Crippen molar-refractivity contribution in [3.63, 3.8) is 0 Å². The second-order valence-corrected chi connectivity index (χ2v) is 6.33. The number of aromatic nitrogens is 3. The van der Waals surface area contributed by atoms with E-state index in [0.717, 1.165) is 16.9 Å². The third-order valence-electron chi connectivity index (χ3n) is 3.69. The van der Waals surface area contributed by atoms with Crippen molar-refractivity contribution >= 4 is 53.1 Å². The molecule has 2 heterocycles. The monoisotopic (exact) mass is 516 g/mol. The van der Waals surface area contributed by atoms with Crippen LogP contribution in [0.25, 0.3) is 5.82 Å². The van der Waals surface area contributed by atoms with Crippen LogP contribution in [0.3, 0.4) is 0 Å². The molecule has 0 fully saturated rings. The highest BCUT2D eigenvalue weighted by molar-refractivity contribution is 14.0. The van der Waals surface area contributed by atoms with Gasteiger partial charge in [-0.3, -0.25) is 4.99 Å². The summed E-state index contributed by atoms with van der Waals surface area (Å²) < 4.78 is 1.72. The minimum atomic E-state index is 0. The van der Waals surface area contributed by atoms with Crippen molar-refractivity contribution in [2.75, 3.05) is 7.05 Å². The van der Waals surface area contributed by atoms with Crippen LogP contribution in [0, 0.1) is 0 Å². The van der Waals surface area contributed by atoms with E-state index < -0.39 is 0 Å². The van der Waals surface area contributed by atoms with Crippen molar-refractivity contribution in [2.45, 2.75) is 13.1 Å². The third kappa shape index (κ3) is 6.08. The zero-order valence-corrected chi connectivity index (χ0v) is 18.4. The number of halogens is 3. The summed E-state index contributed by atoms with van der Waals surface area (Å²) in [5.41, 5.74) is 2.02. The van der Waals surface area contributed by atoms with E-state index >= 15 is 0 Å². The second-order valence-electron chi connectivity index (χ2n) is 5.49. The fourth-order valence-electron chi connectivity index (χ4n) is 2.35. The van der Waals surface area contributed by atoms with Gasteiger partial charge in [0, 0.05) is 48.8 Å². The molecule has 1 aromatic carbocycles. The Hall–Kier alpha value is -1.84. The van der Waals surface area contributed by atoms with Gasteiger partial charge in [0.1, 0.15) is 0 Å². The Morgan fingerprint density at radius 3 is 2.63 bits per heavy atom. The summed E-state index contributed by atoms with van der Waals surface area (Å²) in [4.78, 5) is 8.55. The first-order chi connectivity index (χ1) is 12.7. The van der Waals surface area contributed by atoms with Crippen molar-refractivity contribution in [1.82, 2.24) is 25.4 Å². The lowest BCUT2D eigenvalue weighted by atomic mass is 10.2. The molecule has 0 radical (unpaired) electrons. The first-order valence-corrected chi connectivity index (χ1v) is 8.74. The van der Waals surface area contributed by atoms with Gasteiger partial charge in [-0.2, -0.15) is 5.10 Å². The normalized spacial score (nSPS) is 11.0. The number of guanidine groups is 1. The summed E-state index contributed by atoms with van der Waals surface area (Å²) in [6.07, 6.45) is 5.34. The molecule has 0 aliphatic carbocycles. The molecule has 142 valence electrons. The summed E-state index contributed by atoms with van der Waals surface area (Å²) >= 11 is 12.1. The highest BCUT2D eigenvalue weighted by Crippen LogP contribution is 2.20. The van der Waals surface area contributed by atoms with Crippen molar-refractivity contribution in [2.24, 2.45) is 4.99 Å². The van der Waals surface area contributed by atoms with Gasteiger partial charge in [-0.1, -0.05) is 29.3 Å². The third-order valence-corrected chi connectivity index (χ3v) is 4.28. The Morgan fingerprint density at radius 1 is 1.11 bits per heavy atom. The van der Waals surface area contributed by atoms with E-state index in [9.17, 15) is 0 Å². The van der Waals surface area contributed by atoms with Crippen molar-refractivity contribution in [3.8, 4) is 5.82 Å². The molecule has 27 heavy (non-hydrogen) atoms. The Balaban J connectivity index is 0.00000261. The lowest BCUT2D eigenvalue weighted by Gasteiger charge is -2.13. The fourth-order valence-corrected chi connectivity index (χ4v) is 2.83. The first kappa shape index (κ1) is 21.5. The fraction of sp³-hybridized carbons (Fsp3) is 0.167. The number of benzene rings is 1. The van der Waals surface area contributed by atoms with Crippen LogP contribution in [0.15, 0.2) is 60.0 Å². The van der Waals surface area contributed by atoms with Crippen LogP contribution < -0.4 is 10.6 Å². The molecule has 2 N–H and O–H groups in total. The summed E-state index contributed by atoms with van der Waals surface area (Å²) in [5, 5.41) is 11.9. The van der Waals surface area contributed by atoms with Crippen LogP contribution in [-0.2, 0) is 13.1 Å². The smallest absolute Gasteiger partial charge is 0.191 e. The SMILES string of the molecule is CN=C(NCc1ccnc(-n2cccn2)c1)NCc1ccc(Cl)cc1Cl.I. The Labute approximate surface area is 185 Å². The number of nitrogens with one attached hydrogen (secondary N) is 2. The summed E-state index contributed by atoms with van der Waals surface area (Å²) in [6, 6.07) is 11.2. The number of nitrogens with zero attached hydrogens (tertiary/aromatic N) is 4. The molecule has 0 amide bonds. The van der Waals surface area contributed by atoms with Gasteiger partial charge in [-0.15, -0.1) is 24.0 Å². The highest BCUT2D eigenvalue weighted by Gasteiger charge is 2.04. The van der Waals surface area contributed by atoms with Gasteiger partial charge in [0.05, 0.1) is 0 Å². The molecule has 0 spiro atoms. The maximum absolute atomic E-state index is 6.20. The zero-order valence-electron chi connectivity index (χ0n) is 14.6. The highest BCUT2D eigenvalue weighted by atomic mass is 127. The maximum Gasteiger partial charge on any atom is 0.191 e. The molecule has 0 aliphatic rings. The van der Waals surface area contributed by atoms with Crippen LogP contribution in [0.1, 0.15) is 11.1 Å². The van der Waals surface area contributed by atoms with E-state index in [0.29, 0.717) is 29.1 Å². The van der Waals surface area contributed by atoms with Gasteiger partial charge in [0.2, 0.25) is 0 Å². The Bertz CT molecular complexity index is 899. The predicted octanol–water partition coefficient (Wildman–Crippen LogP) is 4.06. The molecule has 0 bridgehead atoms. The molecular weight excluding hydrogens is 498 g/mol. The van der Waals surface area contributed by atoms with Gasteiger partial charge < -0.3 is 10.6 Å². The number of rotatable bonds is 5. The minimum Gasteiger partial charge on any atom is -0.352 e. The van der Waals surface area contributed by atoms with Gasteiger partial charge in [-0.25, -0.2) is 9.67 Å². The van der Waals surface area contributed by atoms with Crippen LogP contribution >= 0.6 is 47.2 Å². The summed E-state index contributed by atoms with van der Waals surface area (Å²) in [7, 11) is 1.72. The number of hydrogen-bond donors (Lipinski definition) is 2. The lowest BCUT2D eigenvalue weighted by Crippen LogP contribution is -2.36. The Kier molecular flexibility index (Phi) is 8.33. The summed E-state index contributed by atoms with van der Waals surface area (Å²) in [5.74, 6) is 1.44. The van der Waals surface area contributed by atoms with Crippen LogP contribution in [0.2, 0.25) is 10.0 Å². The molecule has 6 nitrogen and oxygen atoms in total. The molecule has 9 heteroatoms. The number of aliphatic imine (C=N–C) groups is 1. The average molecular weight is 517 g/mol. The first-order valence-electron chi connectivity index (χ1n) is 7.99.